The van der Waals surface area contributed by atoms with Gasteiger partial charge in [0.05, 0.1) is 5.92 Å². The van der Waals surface area contributed by atoms with E-state index in [2.05, 4.69) is 5.32 Å². The van der Waals surface area contributed by atoms with Crippen LogP contribution in [0.15, 0.2) is 30.3 Å². The maximum Gasteiger partial charge on any atom is 0.508 e. The van der Waals surface area contributed by atoms with Gasteiger partial charge in [-0.2, -0.15) is 0 Å². The van der Waals surface area contributed by atoms with Crippen LogP contribution < -0.4 is 5.32 Å². The number of benzene rings is 1. The molecule has 1 aromatic carbocycles. The molecule has 22 heavy (non-hydrogen) atoms. The lowest BCUT2D eigenvalue weighted by molar-refractivity contribution is -0.144. The summed E-state index contributed by atoms with van der Waals surface area (Å²) in [6.07, 6.45) is -1.40. The molecule has 6 nitrogen and oxygen atoms in total. The van der Waals surface area contributed by atoms with Crippen LogP contribution >= 0.6 is 0 Å². The van der Waals surface area contributed by atoms with Gasteiger partial charge in [0.2, 0.25) is 5.91 Å². The molecule has 0 spiro atoms. The second-order valence-electron chi connectivity index (χ2n) is 5.57. The Morgan fingerprint density at radius 1 is 1.32 bits per heavy atom. The van der Waals surface area contributed by atoms with E-state index in [1.165, 1.54) is 0 Å². The van der Waals surface area contributed by atoms with Gasteiger partial charge >= 0.3 is 6.16 Å². The molecule has 1 aromatic rings. The van der Waals surface area contributed by atoms with Crippen LogP contribution in [0, 0.1) is 11.8 Å². The van der Waals surface area contributed by atoms with E-state index >= 15 is 0 Å². The Morgan fingerprint density at radius 2 is 2.00 bits per heavy atom. The van der Waals surface area contributed by atoms with E-state index in [9.17, 15) is 9.59 Å². The maximum absolute atomic E-state index is 11.7. The number of carbonyl (C=O) groups excluding carboxylic acids is 2. The Kier molecular flexibility index (Phi) is 5.38. The Bertz CT molecular complexity index is 519. The summed E-state index contributed by atoms with van der Waals surface area (Å²) in [7, 11) is 0. The number of β-lactam (4-membered cyclic amide) rings is 1. The number of nitrogens with one attached hydrogen (secondary N) is 1. The summed E-state index contributed by atoms with van der Waals surface area (Å²) in [5.74, 6) is -0.714. The molecule has 2 unspecified atom stereocenters. The Balaban J connectivity index is 1.82. The van der Waals surface area contributed by atoms with Crippen LogP contribution in [0.25, 0.3) is 0 Å². The van der Waals surface area contributed by atoms with E-state index < -0.39 is 18.2 Å². The molecule has 2 rings (SSSR count). The van der Waals surface area contributed by atoms with Crippen LogP contribution in [0.4, 0.5) is 4.79 Å². The average molecular weight is 307 g/mol. The Hall–Kier alpha value is -2.08. The zero-order valence-corrected chi connectivity index (χ0v) is 12.7. The third-order valence-electron chi connectivity index (χ3n) is 3.89. The van der Waals surface area contributed by atoms with Gasteiger partial charge in [-0.1, -0.05) is 37.3 Å². The number of aliphatic hydroxyl groups excluding tert-OH is 1. The normalized spacial score (nSPS) is 23.0. The maximum atomic E-state index is 11.7. The van der Waals surface area contributed by atoms with Gasteiger partial charge in [0, 0.05) is 18.6 Å². The molecule has 0 bridgehead atoms. The van der Waals surface area contributed by atoms with Crippen molar-refractivity contribution in [2.45, 2.75) is 32.6 Å². The molecule has 1 fully saturated rings. The van der Waals surface area contributed by atoms with Gasteiger partial charge in [-0.05, 0) is 12.5 Å². The van der Waals surface area contributed by atoms with Crippen LogP contribution in [0.1, 0.15) is 19.4 Å². The van der Waals surface area contributed by atoms with Gasteiger partial charge in [0.1, 0.15) is 12.7 Å². The van der Waals surface area contributed by atoms with E-state index in [0.717, 1.165) is 5.56 Å². The molecule has 1 saturated heterocycles. The summed E-state index contributed by atoms with van der Waals surface area (Å²) < 4.78 is 10.2. The fourth-order valence-electron chi connectivity index (χ4n) is 2.51. The standard InChI is InChI=1S/C16H21NO5/c1-10(8-18)14-13(15(19)17-14)11(2)22-16(20)21-9-12-6-4-3-5-7-12/h3-7,10-11,13-14,18H,8-9H2,1-2H3,(H,17,19)/t10-,11+,13?,14?/m0/s1. The van der Waals surface area contributed by atoms with Crippen molar-refractivity contribution < 1.29 is 24.2 Å². The third-order valence-corrected chi connectivity index (χ3v) is 3.89. The SMILES string of the molecule is C[C@@H](CO)C1NC(=O)C1[C@@H](C)OC(=O)OCc1ccccc1. The van der Waals surface area contributed by atoms with Crippen LogP contribution in [0.5, 0.6) is 0 Å². The number of rotatable bonds is 6. The molecule has 1 heterocycles. The third kappa shape index (κ3) is 3.76. The first-order chi connectivity index (χ1) is 10.5. The first-order valence-corrected chi connectivity index (χ1v) is 7.31. The molecule has 1 aliphatic heterocycles. The van der Waals surface area contributed by atoms with Gasteiger partial charge in [-0.15, -0.1) is 0 Å². The number of ether oxygens (including phenoxy) is 2. The van der Waals surface area contributed by atoms with Crippen molar-refractivity contribution in [3.05, 3.63) is 35.9 Å². The minimum absolute atomic E-state index is 0.0351. The molecule has 0 saturated carbocycles. The topological polar surface area (TPSA) is 84.9 Å². The van der Waals surface area contributed by atoms with Crippen molar-refractivity contribution in [1.29, 1.82) is 0 Å². The average Bonchev–Trinajstić information content (AvgIpc) is 2.50. The fourth-order valence-corrected chi connectivity index (χ4v) is 2.51. The Labute approximate surface area is 129 Å². The summed E-state index contributed by atoms with van der Waals surface area (Å²) >= 11 is 0. The number of aliphatic hydroxyl groups is 1. The van der Waals surface area contributed by atoms with E-state index in [-0.39, 0.29) is 31.1 Å². The lowest BCUT2D eigenvalue weighted by atomic mass is 9.79. The number of hydrogen-bond acceptors (Lipinski definition) is 5. The molecule has 120 valence electrons. The van der Waals surface area contributed by atoms with Gasteiger partial charge < -0.3 is 19.9 Å². The van der Waals surface area contributed by atoms with E-state index in [1.54, 1.807) is 6.92 Å². The second kappa shape index (κ2) is 7.26. The number of amides is 1. The molecule has 6 heteroatoms. The van der Waals surface area contributed by atoms with Crippen LogP contribution in [-0.2, 0) is 20.9 Å². The van der Waals surface area contributed by atoms with Crippen LogP contribution in [0.3, 0.4) is 0 Å². The predicted octanol–water partition coefficient (Wildman–Crippen LogP) is 1.47. The first-order valence-electron chi connectivity index (χ1n) is 7.31. The molecule has 4 atom stereocenters. The largest absolute Gasteiger partial charge is 0.508 e. The predicted molar refractivity (Wildman–Crippen MR) is 78.8 cm³/mol. The minimum Gasteiger partial charge on any atom is -0.430 e. The van der Waals surface area contributed by atoms with E-state index in [0.29, 0.717) is 0 Å². The van der Waals surface area contributed by atoms with Crippen molar-refractivity contribution in [2.75, 3.05) is 6.61 Å². The fraction of sp³-hybridized carbons (Fsp3) is 0.500. The first kappa shape index (κ1) is 16.3. The summed E-state index contributed by atoms with van der Waals surface area (Å²) in [5.41, 5.74) is 0.861. The molecule has 1 amide bonds. The minimum atomic E-state index is -0.800. The lowest BCUT2D eigenvalue weighted by Gasteiger charge is -2.42. The molecular formula is C16H21NO5. The molecule has 0 aromatic heterocycles. The van der Waals surface area contributed by atoms with Crippen molar-refractivity contribution in [3.8, 4) is 0 Å². The number of carbonyl (C=O) groups is 2. The highest BCUT2D eigenvalue weighted by Gasteiger charge is 2.46. The molecule has 1 aliphatic rings. The summed E-state index contributed by atoms with van der Waals surface area (Å²) in [5, 5.41) is 11.9. The quantitative estimate of drug-likeness (QED) is 0.614. The highest BCUT2D eigenvalue weighted by molar-refractivity contribution is 5.86. The Morgan fingerprint density at radius 3 is 2.59 bits per heavy atom. The van der Waals surface area contributed by atoms with Crippen molar-refractivity contribution in [1.82, 2.24) is 5.32 Å². The van der Waals surface area contributed by atoms with Crippen molar-refractivity contribution in [2.24, 2.45) is 11.8 Å². The summed E-state index contributed by atoms with van der Waals surface area (Å²) in [4.78, 5) is 23.3. The van der Waals surface area contributed by atoms with Gasteiger partial charge in [0.25, 0.3) is 0 Å². The van der Waals surface area contributed by atoms with Gasteiger partial charge in [-0.3, -0.25) is 4.79 Å². The van der Waals surface area contributed by atoms with E-state index in [1.807, 2.05) is 37.3 Å². The zero-order chi connectivity index (χ0) is 16.1. The summed E-state index contributed by atoms with van der Waals surface area (Å²) in [6.45, 7) is 3.58. The second-order valence-corrected chi connectivity index (χ2v) is 5.57. The lowest BCUT2D eigenvalue weighted by Crippen LogP contribution is -2.65. The summed E-state index contributed by atoms with van der Waals surface area (Å²) in [6, 6.07) is 9.08. The van der Waals surface area contributed by atoms with E-state index in [4.69, 9.17) is 14.6 Å². The molecule has 2 N–H and O–H groups in total. The van der Waals surface area contributed by atoms with Crippen LogP contribution in [0.2, 0.25) is 0 Å². The number of hydrogen-bond donors (Lipinski definition) is 2. The molecule has 0 aliphatic carbocycles. The van der Waals surface area contributed by atoms with Gasteiger partial charge in [-0.25, -0.2) is 4.79 Å². The highest BCUT2D eigenvalue weighted by Crippen LogP contribution is 2.27. The van der Waals surface area contributed by atoms with Crippen LogP contribution in [-0.4, -0.2) is 35.9 Å². The van der Waals surface area contributed by atoms with Crippen molar-refractivity contribution >= 4 is 12.1 Å². The highest BCUT2D eigenvalue weighted by atomic mass is 16.7. The molecular weight excluding hydrogens is 286 g/mol. The van der Waals surface area contributed by atoms with Gasteiger partial charge in [0.15, 0.2) is 0 Å². The smallest absolute Gasteiger partial charge is 0.430 e. The zero-order valence-electron chi connectivity index (χ0n) is 12.7. The monoisotopic (exact) mass is 307 g/mol. The van der Waals surface area contributed by atoms with Crippen molar-refractivity contribution in [3.63, 3.8) is 0 Å². The molecule has 0 radical (unpaired) electrons.